The lowest BCUT2D eigenvalue weighted by Gasteiger charge is -2.19. The van der Waals surface area contributed by atoms with E-state index in [0.717, 1.165) is 0 Å². The molecule has 106 valence electrons. The molecule has 2 heterocycles. The van der Waals surface area contributed by atoms with E-state index in [4.69, 9.17) is 11.6 Å². The molecule has 0 atom stereocenters. The normalized spacial score (nSPS) is 10.3. The number of nitrogens with zero attached hydrogens (tertiary/aromatic N) is 6. The van der Waals surface area contributed by atoms with Crippen LogP contribution in [0, 0.1) is 0 Å². The molecule has 0 spiro atoms. The molecule has 2 aromatic heterocycles. The van der Waals surface area contributed by atoms with Crippen molar-refractivity contribution in [2.45, 2.75) is 6.92 Å². The summed E-state index contributed by atoms with van der Waals surface area (Å²) in [6.45, 7) is 2.62. The number of anilines is 1. The number of carbonyl (C=O) groups excluding carboxylic acids is 1. The van der Waals surface area contributed by atoms with Crippen LogP contribution in [0.5, 0.6) is 0 Å². The van der Waals surface area contributed by atoms with Crippen LogP contribution in [0.3, 0.4) is 0 Å². The summed E-state index contributed by atoms with van der Waals surface area (Å²) in [5.74, 6) is 0.570. The Morgan fingerprint density at radius 2 is 2.25 bits per heavy atom. The second-order valence-corrected chi connectivity index (χ2v) is 4.20. The molecule has 8 nitrogen and oxygen atoms in total. The van der Waals surface area contributed by atoms with Gasteiger partial charge in [0.2, 0.25) is 23.1 Å². The first kappa shape index (κ1) is 14.2. The number of carbonyl (C=O) groups is 1. The highest BCUT2D eigenvalue weighted by Gasteiger charge is 2.14. The Labute approximate surface area is 120 Å². The van der Waals surface area contributed by atoms with Crippen molar-refractivity contribution in [1.82, 2.24) is 29.8 Å². The van der Waals surface area contributed by atoms with E-state index in [-0.39, 0.29) is 17.7 Å². The van der Waals surface area contributed by atoms with Crippen LogP contribution in [0.25, 0.3) is 5.95 Å². The van der Waals surface area contributed by atoms with Gasteiger partial charge in [-0.2, -0.15) is 15.0 Å². The number of imidazole rings is 1. The van der Waals surface area contributed by atoms with Crippen LogP contribution in [0.2, 0.25) is 5.28 Å². The molecule has 9 heteroatoms. The van der Waals surface area contributed by atoms with Gasteiger partial charge in [-0.15, -0.1) is 0 Å². The Hall–Kier alpha value is -2.22. The molecule has 0 bridgehead atoms. The van der Waals surface area contributed by atoms with E-state index in [2.05, 4.69) is 25.3 Å². The number of hydrogen-bond donors (Lipinski definition) is 1. The summed E-state index contributed by atoms with van der Waals surface area (Å²) in [6.07, 6.45) is 4.87. The van der Waals surface area contributed by atoms with Gasteiger partial charge in [0.1, 0.15) is 6.33 Å². The lowest BCUT2D eigenvalue weighted by Crippen LogP contribution is -2.36. The van der Waals surface area contributed by atoms with Gasteiger partial charge >= 0.3 is 0 Å². The molecular weight excluding hydrogens is 282 g/mol. The Morgan fingerprint density at radius 1 is 1.45 bits per heavy atom. The van der Waals surface area contributed by atoms with Gasteiger partial charge < -0.3 is 10.2 Å². The summed E-state index contributed by atoms with van der Waals surface area (Å²) in [6, 6.07) is 0. The van der Waals surface area contributed by atoms with Gasteiger partial charge in [-0.3, -0.25) is 9.36 Å². The molecule has 2 rings (SSSR count). The van der Waals surface area contributed by atoms with E-state index >= 15 is 0 Å². The molecule has 20 heavy (non-hydrogen) atoms. The number of likely N-dealkylation sites (N-methyl/N-ethyl adjacent to an activating group) is 2. The lowest BCUT2D eigenvalue weighted by atomic mass is 10.5. The predicted octanol–water partition coefficient (Wildman–Crippen LogP) is 0.283. The standard InChI is InChI=1S/C11H14ClN7O/c1-3-18(6-8(20)13-2)10-15-9(12)16-11(17-10)19-5-4-14-7-19/h4-5,7H,3,6H2,1-2H3,(H,13,20). The van der Waals surface area contributed by atoms with Crippen LogP contribution in [-0.4, -0.2) is 50.5 Å². The molecule has 1 amide bonds. The van der Waals surface area contributed by atoms with Crippen molar-refractivity contribution in [3.05, 3.63) is 24.0 Å². The van der Waals surface area contributed by atoms with Crippen molar-refractivity contribution in [3.8, 4) is 5.95 Å². The van der Waals surface area contributed by atoms with Crippen LogP contribution in [0.1, 0.15) is 6.92 Å². The quantitative estimate of drug-likeness (QED) is 0.852. The fourth-order valence-corrected chi connectivity index (χ4v) is 1.69. The minimum absolute atomic E-state index is 0.0639. The van der Waals surface area contributed by atoms with Crippen LogP contribution < -0.4 is 10.2 Å². The van der Waals surface area contributed by atoms with Gasteiger partial charge in [-0.1, -0.05) is 0 Å². The average molecular weight is 296 g/mol. The van der Waals surface area contributed by atoms with Crippen molar-refractivity contribution in [2.24, 2.45) is 0 Å². The molecule has 0 saturated heterocycles. The maximum absolute atomic E-state index is 11.5. The second-order valence-electron chi connectivity index (χ2n) is 3.86. The summed E-state index contributed by atoms with van der Waals surface area (Å²) in [4.78, 5) is 29.5. The largest absolute Gasteiger partial charge is 0.358 e. The molecule has 0 aromatic carbocycles. The fourth-order valence-electron chi connectivity index (χ4n) is 1.54. The summed E-state index contributed by atoms with van der Waals surface area (Å²) in [5.41, 5.74) is 0. The number of amides is 1. The Kier molecular flexibility index (Phi) is 4.46. The number of halogens is 1. The van der Waals surface area contributed by atoms with E-state index < -0.39 is 0 Å². The highest BCUT2D eigenvalue weighted by atomic mass is 35.5. The van der Waals surface area contributed by atoms with Gasteiger partial charge in [0.05, 0.1) is 6.54 Å². The zero-order valence-electron chi connectivity index (χ0n) is 11.1. The molecule has 0 fully saturated rings. The van der Waals surface area contributed by atoms with Crippen LogP contribution in [0.4, 0.5) is 5.95 Å². The third-order valence-electron chi connectivity index (χ3n) is 2.60. The van der Waals surface area contributed by atoms with Gasteiger partial charge in [-0.25, -0.2) is 4.98 Å². The van der Waals surface area contributed by atoms with E-state index in [1.54, 1.807) is 35.2 Å². The highest BCUT2D eigenvalue weighted by molar-refractivity contribution is 6.28. The Bertz CT molecular complexity index is 586. The van der Waals surface area contributed by atoms with Crippen molar-refractivity contribution >= 4 is 23.5 Å². The third-order valence-corrected chi connectivity index (χ3v) is 2.77. The Morgan fingerprint density at radius 3 is 2.85 bits per heavy atom. The van der Waals surface area contributed by atoms with E-state index in [1.165, 1.54) is 0 Å². The van der Waals surface area contributed by atoms with Crippen LogP contribution >= 0.6 is 11.6 Å². The van der Waals surface area contributed by atoms with Crippen molar-refractivity contribution < 1.29 is 4.79 Å². The number of aromatic nitrogens is 5. The Balaban J connectivity index is 2.33. The van der Waals surface area contributed by atoms with E-state index in [1.807, 2.05) is 6.92 Å². The maximum Gasteiger partial charge on any atom is 0.241 e. The molecule has 0 aliphatic heterocycles. The molecule has 0 unspecified atom stereocenters. The van der Waals surface area contributed by atoms with Gasteiger partial charge in [0.25, 0.3) is 0 Å². The third kappa shape index (κ3) is 3.21. The summed E-state index contributed by atoms with van der Waals surface area (Å²) >= 11 is 5.92. The highest BCUT2D eigenvalue weighted by Crippen LogP contribution is 2.13. The monoisotopic (exact) mass is 295 g/mol. The summed E-state index contributed by atoms with van der Waals surface area (Å²) < 4.78 is 1.62. The first-order chi connectivity index (χ1) is 9.63. The first-order valence-electron chi connectivity index (χ1n) is 5.99. The molecular formula is C11H14ClN7O. The van der Waals surface area contributed by atoms with Crippen LogP contribution in [0.15, 0.2) is 18.7 Å². The minimum atomic E-state index is -0.132. The fraction of sp³-hybridized carbons (Fsp3) is 0.364. The molecule has 1 N–H and O–H groups in total. The molecule has 0 radical (unpaired) electrons. The number of rotatable bonds is 5. The van der Waals surface area contributed by atoms with Crippen LogP contribution in [-0.2, 0) is 4.79 Å². The number of hydrogen-bond acceptors (Lipinski definition) is 6. The minimum Gasteiger partial charge on any atom is -0.358 e. The van der Waals surface area contributed by atoms with Crippen molar-refractivity contribution in [3.63, 3.8) is 0 Å². The smallest absolute Gasteiger partial charge is 0.241 e. The first-order valence-corrected chi connectivity index (χ1v) is 6.37. The zero-order valence-corrected chi connectivity index (χ0v) is 11.9. The second kappa shape index (κ2) is 6.29. The summed E-state index contributed by atoms with van der Waals surface area (Å²) in [5, 5.41) is 2.62. The molecule has 0 aliphatic carbocycles. The van der Waals surface area contributed by atoms with Gasteiger partial charge in [0.15, 0.2) is 0 Å². The zero-order chi connectivity index (χ0) is 14.5. The average Bonchev–Trinajstić information content (AvgIpc) is 2.97. The molecule has 0 saturated carbocycles. The molecule has 0 aliphatic rings. The van der Waals surface area contributed by atoms with Crippen molar-refractivity contribution in [2.75, 3.05) is 25.0 Å². The topological polar surface area (TPSA) is 88.8 Å². The summed E-state index contributed by atoms with van der Waals surface area (Å²) in [7, 11) is 1.58. The maximum atomic E-state index is 11.5. The molecule has 2 aromatic rings. The lowest BCUT2D eigenvalue weighted by molar-refractivity contribution is -0.119. The van der Waals surface area contributed by atoms with Gasteiger partial charge in [0, 0.05) is 26.0 Å². The van der Waals surface area contributed by atoms with E-state index in [0.29, 0.717) is 18.4 Å². The predicted molar refractivity (Wildman–Crippen MR) is 73.9 cm³/mol. The number of nitrogens with one attached hydrogen (secondary N) is 1. The van der Waals surface area contributed by atoms with Crippen molar-refractivity contribution in [1.29, 1.82) is 0 Å². The van der Waals surface area contributed by atoms with Gasteiger partial charge in [-0.05, 0) is 18.5 Å². The SMILES string of the molecule is CCN(CC(=O)NC)c1nc(Cl)nc(-n2ccnc2)n1. The van der Waals surface area contributed by atoms with E-state index in [9.17, 15) is 4.79 Å².